The minimum Gasteiger partial charge on any atom is -0.374 e. The molecule has 0 spiro atoms. The van der Waals surface area contributed by atoms with Gasteiger partial charge < -0.3 is 10.5 Å². The highest BCUT2D eigenvalue weighted by molar-refractivity contribution is 4.80. The van der Waals surface area contributed by atoms with Crippen LogP contribution in [0.15, 0.2) is 0 Å². The Morgan fingerprint density at radius 1 is 1.43 bits per heavy atom. The van der Waals surface area contributed by atoms with Crippen LogP contribution in [0, 0.1) is 0 Å². The summed E-state index contributed by atoms with van der Waals surface area (Å²) in [5, 5.41) is 0. The summed E-state index contributed by atoms with van der Waals surface area (Å²) in [6.07, 6.45) is 3.70. The van der Waals surface area contributed by atoms with Gasteiger partial charge in [-0.1, -0.05) is 20.3 Å². The van der Waals surface area contributed by atoms with E-state index in [1.54, 1.807) is 0 Å². The standard InChI is InChI=1S/C11H24N2O/c1-3-5-10(12)11-9-13(6-4-2)7-8-14-11/h10-11H,3-9,12H2,1-2H3/t10-,11?/m0/s1. The number of nitrogens with two attached hydrogens (primary N) is 1. The Morgan fingerprint density at radius 2 is 2.21 bits per heavy atom. The molecule has 0 aromatic rings. The fourth-order valence-corrected chi connectivity index (χ4v) is 2.03. The van der Waals surface area contributed by atoms with Gasteiger partial charge in [0.25, 0.3) is 0 Å². The molecule has 1 fully saturated rings. The number of morpholine rings is 1. The average Bonchev–Trinajstić information content (AvgIpc) is 2.19. The van der Waals surface area contributed by atoms with Crippen LogP contribution in [0.25, 0.3) is 0 Å². The number of hydrogen-bond donors (Lipinski definition) is 1. The van der Waals surface area contributed by atoms with Crippen LogP contribution in [0.4, 0.5) is 0 Å². The van der Waals surface area contributed by atoms with E-state index in [1.807, 2.05) is 0 Å². The Kier molecular flexibility index (Phi) is 5.45. The van der Waals surface area contributed by atoms with Crippen LogP contribution in [-0.4, -0.2) is 43.3 Å². The molecule has 0 amide bonds. The van der Waals surface area contributed by atoms with Gasteiger partial charge in [0, 0.05) is 19.1 Å². The second-order valence-corrected chi connectivity index (χ2v) is 4.16. The van der Waals surface area contributed by atoms with E-state index in [9.17, 15) is 0 Å². The normalized spacial score (nSPS) is 26.4. The van der Waals surface area contributed by atoms with Gasteiger partial charge in [-0.15, -0.1) is 0 Å². The van der Waals surface area contributed by atoms with E-state index in [-0.39, 0.29) is 12.1 Å². The highest BCUT2D eigenvalue weighted by Crippen LogP contribution is 2.11. The molecule has 0 aliphatic carbocycles. The summed E-state index contributed by atoms with van der Waals surface area (Å²) in [4.78, 5) is 2.46. The molecule has 0 aromatic heterocycles. The summed E-state index contributed by atoms with van der Waals surface area (Å²) in [7, 11) is 0. The summed E-state index contributed by atoms with van der Waals surface area (Å²) in [6, 6.07) is 0.222. The molecular formula is C11H24N2O. The van der Waals surface area contributed by atoms with Crippen molar-refractivity contribution >= 4 is 0 Å². The first-order valence-electron chi connectivity index (χ1n) is 5.87. The Balaban J connectivity index is 2.31. The molecule has 2 atom stereocenters. The maximum atomic E-state index is 6.07. The topological polar surface area (TPSA) is 38.5 Å². The molecule has 2 N–H and O–H groups in total. The fourth-order valence-electron chi connectivity index (χ4n) is 2.03. The molecule has 3 nitrogen and oxygen atoms in total. The Bertz CT molecular complexity index is 146. The zero-order valence-electron chi connectivity index (χ0n) is 9.54. The minimum atomic E-state index is 0.222. The molecule has 84 valence electrons. The van der Waals surface area contributed by atoms with E-state index in [1.165, 1.54) is 13.0 Å². The lowest BCUT2D eigenvalue weighted by molar-refractivity contribution is -0.0413. The number of nitrogens with zero attached hydrogens (tertiary/aromatic N) is 1. The molecule has 1 saturated heterocycles. The Morgan fingerprint density at radius 3 is 2.86 bits per heavy atom. The predicted molar refractivity (Wildman–Crippen MR) is 59.4 cm³/mol. The minimum absolute atomic E-state index is 0.222. The lowest BCUT2D eigenvalue weighted by Gasteiger charge is -2.35. The van der Waals surface area contributed by atoms with Gasteiger partial charge in [0.1, 0.15) is 0 Å². The monoisotopic (exact) mass is 200 g/mol. The fraction of sp³-hybridized carbons (Fsp3) is 1.00. The molecule has 14 heavy (non-hydrogen) atoms. The Hall–Kier alpha value is -0.120. The van der Waals surface area contributed by atoms with Crippen LogP contribution in [-0.2, 0) is 4.74 Å². The van der Waals surface area contributed by atoms with Crippen molar-refractivity contribution < 1.29 is 4.74 Å². The zero-order chi connectivity index (χ0) is 10.4. The van der Waals surface area contributed by atoms with E-state index >= 15 is 0 Å². The van der Waals surface area contributed by atoms with Gasteiger partial charge in [-0.3, -0.25) is 4.90 Å². The third-order valence-corrected chi connectivity index (χ3v) is 2.82. The van der Waals surface area contributed by atoms with Crippen molar-refractivity contribution in [2.24, 2.45) is 5.73 Å². The second kappa shape index (κ2) is 6.38. The third kappa shape index (κ3) is 3.56. The highest BCUT2D eigenvalue weighted by Gasteiger charge is 2.24. The first-order chi connectivity index (χ1) is 6.77. The molecule has 0 aromatic carbocycles. The van der Waals surface area contributed by atoms with Crippen molar-refractivity contribution in [2.45, 2.75) is 45.3 Å². The summed E-state index contributed by atoms with van der Waals surface area (Å²) in [5.41, 5.74) is 6.07. The smallest absolute Gasteiger partial charge is 0.0853 e. The Labute approximate surface area is 87.6 Å². The van der Waals surface area contributed by atoms with Crippen LogP contribution < -0.4 is 5.73 Å². The second-order valence-electron chi connectivity index (χ2n) is 4.16. The van der Waals surface area contributed by atoms with Gasteiger partial charge in [-0.2, -0.15) is 0 Å². The maximum absolute atomic E-state index is 6.07. The van der Waals surface area contributed by atoms with Crippen molar-refractivity contribution in [2.75, 3.05) is 26.2 Å². The van der Waals surface area contributed by atoms with Crippen molar-refractivity contribution in [3.05, 3.63) is 0 Å². The molecule has 0 radical (unpaired) electrons. The quantitative estimate of drug-likeness (QED) is 0.725. The van der Waals surface area contributed by atoms with E-state index in [0.29, 0.717) is 0 Å². The number of rotatable bonds is 5. The van der Waals surface area contributed by atoms with Crippen LogP contribution in [0.5, 0.6) is 0 Å². The molecular weight excluding hydrogens is 176 g/mol. The molecule has 1 heterocycles. The molecule has 0 bridgehead atoms. The molecule has 1 aliphatic rings. The van der Waals surface area contributed by atoms with Crippen molar-refractivity contribution in [3.8, 4) is 0 Å². The average molecular weight is 200 g/mol. The van der Waals surface area contributed by atoms with Crippen LogP contribution >= 0.6 is 0 Å². The van der Waals surface area contributed by atoms with Gasteiger partial charge >= 0.3 is 0 Å². The number of hydrogen-bond acceptors (Lipinski definition) is 3. The van der Waals surface area contributed by atoms with E-state index in [2.05, 4.69) is 18.7 Å². The van der Waals surface area contributed by atoms with E-state index in [0.717, 1.165) is 32.5 Å². The lowest BCUT2D eigenvalue weighted by Crippen LogP contribution is -2.50. The predicted octanol–water partition coefficient (Wildman–Crippen LogP) is 1.22. The summed E-state index contributed by atoms with van der Waals surface area (Å²) in [6.45, 7) is 8.52. The summed E-state index contributed by atoms with van der Waals surface area (Å²) < 4.78 is 5.70. The first kappa shape index (κ1) is 12.0. The summed E-state index contributed by atoms with van der Waals surface area (Å²) in [5.74, 6) is 0. The van der Waals surface area contributed by atoms with Crippen molar-refractivity contribution in [1.29, 1.82) is 0 Å². The zero-order valence-corrected chi connectivity index (χ0v) is 9.54. The van der Waals surface area contributed by atoms with E-state index in [4.69, 9.17) is 10.5 Å². The van der Waals surface area contributed by atoms with Gasteiger partial charge in [0.05, 0.1) is 12.7 Å². The highest BCUT2D eigenvalue weighted by atomic mass is 16.5. The molecule has 1 unspecified atom stereocenters. The van der Waals surface area contributed by atoms with Crippen LogP contribution in [0.2, 0.25) is 0 Å². The van der Waals surface area contributed by atoms with Crippen LogP contribution in [0.3, 0.4) is 0 Å². The first-order valence-corrected chi connectivity index (χ1v) is 5.87. The van der Waals surface area contributed by atoms with Gasteiger partial charge in [0.2, 0.25) is 0 Å². The largest absolute Gasteiger partial charge is 0.374 e. The molecule has 1 aliphatic heterocycles. The summed E-state index contributed by atoms with van der Waals surface area (Å²) >= 11 is 0. The van der Waals surface area contributed by atoms with E-state index < -0.39 is 0 Å². The third-order valence-electron chi connectivity index (χ3n) is 2.82. The molecule has 1 rings (SSSR count). The lowest BCUT2D eigenvalue weighted by atomic mass is 10.1. The van der Waals surface area contributed by atoms with Gasteiger partial charge in [0.15, 0.2) is 0 Å². The van der Waals surface area contributed by atoms with Crippen molar-refractivity contribution in [1.82, 2.24) is 4.90 Å². The van der Waals surface area contributed by atoms with Crippen LogP contribution in [0.1, 0.15) is 33.1 Å². The molecule has 3 heteroatoms. The van der Waals surface area contributed by atoms with Crippen molar-refractivity contribution in [3.63, 3.8) is 0 Å². The maximum Gasteiger partial charge on any atom is 0.0853 e. The SMILES string of the molecule is CCC[C@H](N)C1CN(CCC)CCO1. The molecule has 0 saturated carbocycles. The van der Waals surface area contributed by atoms with Gasteiger partial charge in [-0.05, 0) is 19.4 Å². The van der Waals surface area contributed by atoms with Gasteiger partial charge in [-0.25, -0.2) is 0 Å². The number of ether oxygens (including phenoxy) is 1.